The molecule has 2 heterocycles. The zero-order valence-electron chi connectivity index (χ0n) is 14.1. The fourth-order valence-electron chi connectivity index (χ4n) is 3.07. The third-order valence-electron chi connectivity index (χ3n) is 4.61. The fraction of sp³-hybridized carbons (Fsp3) is 0.368. The molecule has 2 aromatic rings. The van der Waals surface area contributed by atoms with Gasteiger partial charge >= 0.3 is 0 Å². The monoisotopic (exact) mass is 344 g/mol. The van der Waals surface area contributed by atoms with Crippen molar-refractivity contribution in [3.63, 3.8) is 0 Å². The van der Waals surface area contributed by atoms with Gasteiger partial charge in [-0.2, -0.15) is 0 Å². The lowest BCUT2D eigenvalue weighted by Gasteiger charge is -2.31. The average molecular weight is 344 g/mol. The number of nitrogens with zero attached hydrogens (tertiary/aromatic N) is 1. The zero-order valence-corrected chi connectivity index (χ0v) is 14.1. The molecule has 0 aliphatic carbocycles. The minimum absolute atomic E-state index is 0.0260. The maximum absolute atomic E-state index is 13.0. The quantitative estimate of drug-likeness (QED) is 0.927. The van der Waals surface area contributed by atoms with Crippen LogP contribution in [0.3, 0.4) is 0 Å². The Balaban J connectivity index is 1.51. The number of furan rings is 1. The van der Waals surface area contributed by atoms with Crippen LogP contribution in [0.1, 0.15) is 41.9 Å². The van der Waals surface area contributed by atoms with Crippen molar-refractivity contribution in [2.24, 2.45) is 5.92 Å². The molecule has 6 heteroatoms. The number of hydrogen-bond donors (Lipinski definition) is 1. The molecule has 1 aliphatic heterocycles. The molecule has 1 fully saturated rings. The lowest BCUT2D eigenvalue weighted by molar-refractivity contribution is -0.127. The van der Waals surface area contributed by atoms with Crippen molar-refractivity contribution in [1.29, 1.82) is 0 Å². The van der Waals surface area contributed by atoms with Crippen molar-refractivity contribution in [2.75, 3.05) is 13.1 Å². The molecule has 0 spiro atoms. The molecule has 3 rings (SSSR count). The smallest absolute Gasteiger partial charge is 0.289 e. The lowest BCUT2D eigenvalue weighted by Crippen LogP contribution is -2.43. The molecule has 1 N–H and O–H groups in total. The molecule has 0 bridgehead atoms. The molecule has 0 saturated carbocycles. The molecule has 1 aromatic carbocycles. The maximum atomic E-state index is 13.0. The van der Waals surface area contributed by atoms with Gasteiger partial charge in [0, 0.05) is 19.0 Å². The van der Waals surface area contributed by atoms with Gasteiger partial charge in [-0.15, -0.1) is 0 Å². The number of carbonyl (C=O) groups excluding carboxylic acids is 2. The Hall–Kier alpha value is -2.63. The Bertz CT molecular complexity index is 720. The number of piperidine rings is 1. The number of benzene rings is 1. The van der Waals surface area contributed by atoms with Crippen LogP contribution < -0.4 is 5.32 Å². The number of hydrogen-bond acceptors (Lipinski definition) is 3. The topological polar surface area (TPSA) is 62.6 Å². The van der Waals surface area contributed by atoms with Gasteiger partial charge in [-0.3, -0.25) is 9.59 Å². The lowest BCUT2D eigenvalue weighted by atomic mass is 9.95. The van der Waals surface area contributed by atoms with Gasteiger partial charge in [0.1, 0.15) is 5.82 Å². The van der Waals surface area contributed by atoms with Crippen LogP contribution in [0.4, 0.5) is 4.39 Å². The average Bonchev–Trinajstić information content (AvgIpc) is 3.16. The molecule has 1 atom stereocenters. The number of rotatable bonds is 4. The predicted octanol–water partition coefficient (Wildman–Crippen LogP) is 3.15. The van der Waals surface area contributed by atoms with Gasteiger partial charge in [0.2, 0.25) is 5.91 Å². The molecular formula is C19H21FN2O3. The molecule has 0 radical (unpaired) electrons. The zero-order chi connectivity index (χ0) is 17.8. The van der Waals surface area contributed by atoms with E-state index < -0.39 is 0 Å². The highest BCUT2D eigenvalue weighted by molar-refractivity contribution is 5.91. The van der Waals surface area contributed by atoms with E-state index in [1.54, 1.807) is 29.2 Å². The van der Waals surface area contributed by atoms with Gasteiger partial charge in [0.25, 0.3) is 5.91 Å². The summed E-state index contributed by atoms with van der Waals surface area (Å²) in [7, 11) is 0. The minimum Gasteiger partial charge on any atom is -0.459 e. The van der Waals surface area contributed by atoms with Crippen LogP contribution in [0, 0.1) is 11.7 Å². The van der Waals surface area contributed by atoms with Crippen molar-refractivity contribution in [3.8, 4) is 0 Å². The first-order chi connectivity index (χ1) is 12.0. The highest BCUT2D eigenvalue weighted by Gasteiger charge is 2.29. The summed E-state index contributed by atoms with van der Waals surface area (Å²) in [5, 5.41) is 2.97. The first-order valence-electron chi connectivity index (χ1n) is 8.43. The van der Waals surface area contributed by atoms with Crippen LogP contribution in [0.5, 0.6) is 0 Å². The summed E-state index contributed by atoms with van der Waals surface area (Å²) in [6.45, 7) is 2.94. The van der Waals surface area contributed by atoms with E-state index in [0.29, 0.717) is 31.7 Å². The molecule has 1 unspecified atom stereocenters. The summed E-state index contributed by atoms with van der Waals surface area (Å²) in [5.41, 5.74) is 0.861. The highest BCUT2D eigenvalue weighted by Crippen LogP contribution is 2.21. The predicted molar refractivity (Wildman–Crippen MR) is 90.3 cm³/mol. The Morgan fingerprint density at radius 2 is 1.88 bits per heavy atom. The largest absolute Gasteiger partial charge is 0.459 e. The number of nitrogens with one attached hydrogen (secondary N) is 1. The van der Waals surface area contributed by atoms with Crippen molar-refractivity contribution >= 4 is 11.8 Å². The Morgan fingerprint density at radius 3 is 2.48 bits per heavy atom. The van der Waals surface area contributed by atoms with Crippen LogP contribution in [0.25, 0.3) is 0 Å². The number of carbonyl (C=O) groups is 2. The van der Waals surface area contributed by atoms with E-state index in [-0.39, 0.29) is 29.6 Å². The van der Waals surface area contributed by atoms with E-state index in [1.165, 1.54) is 18.4 Å². The minimum atomic E-state index is -0.295. The van der Waals surface area contributed by atoms with Crippen molar-refractivity contribution in [2.45, 2.75) is 25.8 Å². The van der Waals surface area contributed by atoms with Gasteiger partial charge in [-0.05, 0) is 49.6 Å². The molecule has 1 aromatic heterocycles. The number of amides is 2. The van der Waals surface area contributed by atoms with Gasteiger partial charge < -0.3 is 14.6 Å². The van der Waals surface area contributed by atoms with Crippen LogP contribution in [0.15, 0.2) is 47.1 Å². The molecule has 2 amide bonds. The van der Waals surface area contributed by atoms with Gasteiger partial charge in [0.15, 0.2) is 5.76 Å². The molecule has 1 aliphatic rings. The standard InChI is InChI=1S/C19H21FN2O3/c1-13(14-4-6-16(20)7-5-14)21-18(23)15-8-10-22(11-9-15)19(24)17-3-2-12-25-17/h2-7,12-13,15H,8-11H2,1H3,(H,21,23). The third kappa shape index (κ3) is 4.07. The molecule has 5 nitrogen and oxygen atoms in total. The normalized spacial score (nSPS) is 16.5. The van der Waals surface area contributed by atoms with Crippen LogP contribution >= 0.6 is 0 Å². The highest BCUT2D eigenvalue weighted by atomic mass is 19.1. The molecule has 25 heavy (non-hydrogen) atoms. The second-order valence-electron chi connectivity index (χ2n) is 6.33. The van der Waals surface area contributed by atoms with E-state index >= 15 is 0 Å². The van der Waals surface area contributed by atoms with Gasteiger partial charge in [-0.1, -0.05) is 12.1 Å². The number of likely N-dealkylation sites (tertiary alicyclic amines) is 1. The SMILES string of the molecule is CC(NC(=O)C1CCN(C(=O)c2ccco2)CC1)c1ccc(F)cc1. The van der Waals surface area contributed by atoms with Crippen LogP contribution in [-0.4, -0.2) is 29.8 Å². The van der Waals surface area contributed by atoms with Crippen LogP contribution in [-0.2, 0) is 4.79 Å². The van der Waals surface area contributed by atoms with E-state index in [9.17, 15) is 14.0 Å². The first-order valence-corrected chi connectivity index (χ1v) is 8.43. The van der Waals surface area contributed by atoms with E-state index in [4.69, 9.17) is 4.42 Å². The summed E-state index contributed by atoms with van der Waals surface area (Å²) >= 11 is 0. The van der Waals surface area contributed by atoms with E-state index in [2.05, 4.69) is 5.32 Å². The molecule has 132 valence electrons. The summed E-state index contributed by atoms with van der Waals surface area (Å²) in [6.07, 6.45) is 2.72. The molecule has 1 saturated heterocycles. The van der Waals surface area contributed by atoms with Gasteiger partial charge in [0.05, 0.1) is 12.3 Å². The second-order valence-corrected chi connectivity index (χ2v) is 6.33. The Labute approximate surface area is 145 Å². The Morgan fingerprint density at radius 1 is 1.20 bits per heavy atom. The second kappa shape index (κ2) is 7.51. The van der Waals surface area contributed by atoms with E-state index in [0.717, 1.165) is 5.56 Å². The van der Waals surface area contributed by atoms with Crippen molar-refractivity contribution in [1.82, 2.24) is 10.2 Å². The maximum Gasteiger partial charge on any atom is 0.289 e. The molecular weight excluding hydrogens is 323 g/mol. The Kier molecular flexibility index (Phi) is 5.16. The van der Waals surface area contributed by atoms with Crippen molar-refractivity contribution in [3.05, 3.63) is 59.8 Å². The van der Waals surface area contributed by atoms with Crippen LogP contribution in [0.2, 0.25) is 0 Å². The summed E-state index contributed by atoms with van der Waals surface area (Å²) in [4.78, 5) is 26.4. The fourth-order valence-corrected chi connectivity index (χ4v) is 3.07. The van der Waals surface area contributed by atoms with Gasteiger partial charge in [-0.25, -0.2) is 4.39 Å². The summed E-state index contributed by atoms with van der Waals surface area (Å²) in [5.74, 6) is -0.252. The van der Waals surface area contributed by atoms with Crippen molar-refractivity contribution < 1.29 is 18.4 Å². The third-order valence-corrected chi connectivity index (χ3v) is 4.61. The summed E-state index contributed by atoms with van der Waals surface area (Å²) < 4.78 is 18.1. The number of halogens is 1. The first kappa shape index (κ1) is 17.2. The summed E-state index contributed by atoms with van der Waals surface area (Å²) in [6, 6.07) is 9.26. The van der Waals surface area contributed by atoms with E-state index in [1.807, 2.05) is 6.92 Å².